The molecule has 0 atom stereocenters. The molecule has 142 valence electrons. The van der Waals surface area contributed by atoms with E-state index in [2.05, 4.69) is 55.6 Å². The van der Waals surface area contributed by atoms with Gasteiger partial charge in [0.05, 0.1) is 6.61 Å². The summed E-state index contributed by atoms with van der Waals surface area (Å²) in [6, 6.07) is 14.6. The van der Waals surface area contributed by atoms with E-state index in [-0.39, 0.29) is 0 Å². The van der Waals surface area contributed by atoms with E-state index < -0.39 is 0 Å². The highest BCUT2D eigenvalue weighted by Crippen LogP contribution is 2.29. The highest BCUT2D eigenvalue weighted by atomic mass is 16.5. The van der Waals surface area contributed by atoms with Crippen molar-refractivity contribution in [1.29, 1.82) is 0 Å². The monoisotopic (exact) mass is 355 g/mol. The minimum Gasteiger partial charge on any atom is -0.490 e. The molecule has 0 bridgehead atoms. The van der Waals surface area contributed by atoms with Gasteiger partial charge in [-0.25, -0.2) is 0 Å². The molecular formula is C23H33NO2. The summed E-state index contributed by atoms with van der Waals surface area (Å²) in [4.78, 5) is 0. The average molecular weight is 356 g/mol. The molecule has 0 saturated heterocycles. The summed E-state index contributed by atoms with van der Waals surface area (Å²) in [5.41, 5.74) is 3.65. The Bertz CT molecular complexity index is 654. The molecule has 1 N–H and O–H groups in total. The van der Waals surface area contributed by atoms with Gasteiger partial charge in [-0.3, -0.25) is 0 Å². The largest absolute Gasteiger partial charge is 0.490 e. The van der Waals surface area contributed by atoms with Crippen LogP contribution in [0.1, 0.15) is 56.2 Å². The molecular weight excluding hydrogens is 322 g/mol. The summed E-state index contributed by atoms with van der Waals surface area (Å²) < 4.78 is 11.8. The molecule has 0 aliphatic heterocycles. The Morgan fingerprint density at radius 2 is 1.73 bits per heavy atom. The van der Waals surface area contributed by atoms with Crippen LogP contribution in [0.2, 0.25) is 0 Å². The SMILES string of the molecule is CCCCCCNCc1ccc(OCc2cccc(C)c2)c(OCC)c1. The van der Waals surface area contributed by atoms with Crippen molar-refractivity contribution in [3.63, 3.8) is 0 Å². The first-order valence-corrected chi connectivity index (χ1v) is 9.87. The summed E-state index contributed by atoms with van der Waals surface area (Å²) in [6.45, 7) is 9.46. The van der Waals surface area contributed by atoms with Crippen LogP contribution in [0.15, 0.2) is 42.5 Å². The zero-order valence-corrected chi connectivity index (χ0v) is 16.5. The highest BCUT2D eigenvalue weighted by molar-refractivity contribution is 5.43. The normalized spacial score (nSPS) is 10.7. The van der Waals surface area contributed by atoms with E-state index in [9.17, 15) is 0 Å². The van der Waals surface area contributed by atoms with Crippen molar-refractivity contribution in [2.75, 3.05) is 13.2 Å². The molecule has 0 fully saturated rings. The summed E-state index contributed by atoms with van der Waals surface area (Å²) in [6.07, 6.45) is 5.15. The smallest absolute Gasteiger partial charge is 0.161 e. The third kappa shape index (κ3) is 7.09. The summed E-state index contributed by atoms with van der Waals surface area (Å²) in [7, 11) is 0. The van der Waals surface area contributed by atoms with Crippen molar-refractivity contribution in [3.8, 4) is 11.5 Å². The predicted octanol–water partition coefficient (Wildman–Crippen LogP) is 5.64. The van der Waals surface area contributed by atoms with E-state index in [0.717, 1.165) is 24.6 Å². The Morgan fingerprint density at radius 3 is 2.50 bits per heavy atom. The van der Waals surface area contributed by atoms with Gasteiger partial charge in [0.25, 0.3) is 0 Å². The van der Waals surface area contributed by atoms with Gasteiger partial charge >= 0.3 is 0 Å². The van der Waals surface area contributed by atoms with Crippen molar-refractivity contribution < 1.29 is 9.47 Å². The van der Waals surface area contributed by atoms with Crippen LogP contribution in [0.3, 0.4) is 0 Å². The molecule has 0 aliphatic carbocycles. The van der Waals surface area contributed by atoms with Gasteiger partial charge in [0.15, 0.2) is 11.5 Å². The van der Waals surface area contributed by atoms with Crippen LogP contribution < -0.4 is 14.8 Å². The number of rotatable bonds is 12. The molecule has 0 radical (unpaired) electrons. The lowest BCUT2D eigenvalue weighted by molar-refractivity contribution is 0.269. The van der Waals surface area contributed by atoms with Crippen molar-refractivity contribution in [2.24, 2.45) is 0 Å². The molecule has 0 saturated carbocycles. The first-order valence-electron chi connectivity index (χ1n) is 9.87. The lowest BCUT2D eigenvalue weighted by Gasteiger charge is -2.14. The fourth-order valence-corrected chi connectivity index (χ4v) is 2.92. The molecule has 2 aromatic rings. The number of benzene rings is 2. The number of ether oxygens (including phenoxy) is 2. The number of aryl methyl sites for hydroxylation is 1. The van der Waals surface area contributed by atoms with Gasteiger partial charge in [-0.1, -0.05) is 62.1 Å². The third-order valence-corrected chi connectivity index (χ3v) is 4.32. The number of nitrogens with one attached hydrogen (secondary N) is 1. The maximum absolute atomic E-state index is 6.01. The number of hydrogen-bond donors (Lipinski definition) is 1. The van der Waals surface area contributed by atoms with E-state index in [1.165, 1.54) is 42.4 Å². The van der Waals surface area contributed by atoms with Gasteiger partial charge in [-0.05, 0) is 50.1 Å². The molecule has 3 nitrogen and oxygen atoms in total. The quantitative estimate of drug-likeness (QED) is 0.500. The molecule has 0 unspecified atom stereocenters. The Morgan fingerprint density at radius 1 is 0.846 bits per heavy atom. The maximum Gasteiger partial charge on any atom is 0.161 e. The Labute approximate surface area is 158 Å². The second-order valence-electron chi connectivity index (χ2n) is 6.73. The first-order chi connectivity index (χ1) is 12.7. The Balaban J connectivity index is 1.90. The zero-order valence-electron chi connectivity index (χ0n) is 16.5. The minimum atomic E-state index is 0.552. The standard InChI is InChI=1S/C23H33NO2/c1-4-6-7-8-14-24-17-20-12-13-22(23(16-20)25-5-2)26-18-21-11-9-10-19(3)15-21/h9-13,15-16,24H,4-8,14,17-18H2,1-3H3. The van der Waals surface area contributed by atoms with Gasteiger partial charge in [-0.15, -0.1) is 0 Å². The maximum atomic E-state index is 6.01. The van der Waals surface area contributed by atoms with Crippen molar-refractivity contribution >= 4 is 0 Å². The van der Waals surface area contributed by atoms with Crippen LogP contribution in [0.5, 0.6) is 11.5 Å². The molecule has 2 rings (SSSR count). The topological polar surface area (TPSA) is 30.5 Å². The van der Waals surface area contributed by atoms with E-state index in [1.807, 2.05) is 13.0 Å². The molecule has 3 heteroatoms. The Hall–Kier alpha value is -2.00. The molecule has 0 aromatic heterocycles. The first kappa shape index (κ1) is 20.3. The van der Waals surface area contributed by atoms with E-state index in [4.69, 9.17) is 9.47 Å². The van der Waals surface area contributed by atoms with Gasteiger partial charge < -0.3 is 14.8 Å². The minimum absolute atomic E-state index is 0.552. The van der Waals surface area contributed by atoms with Crippen molar-refractivity contribution in [2.45, 2.75) is 59.6 Å². The van der Waals surface area contributed by atoms with Crippen LogP contribution in [-0.2, 0) is 13.2 Å². The van der Waals surface area contributed by atoms with E-state index in [0.29, 0.717) is 13.2 Å². The van der Waals surface area contributed by atoms with Crippen LogP contribution in [0.25, 0.3) is 0 Å². The number of unbranched alkanes of at least 4 members (excludes halogenated alkanes) is 3. The van der Waals surface area contributed by atoms with Crippen LogP contribution in [-0.4, -0.2) is 13.2 Å². The molecule has 0 heterocycles. The van der Waals surface area contributed by atoms with Gasteiger partial charge in [0.2, 0.25) is 0 Å². The van der Waals surface area contributed by atoms with Crippen LogP contribution in [0.4, 0.5) is 0 Å². The fraction of sp³-hybridized carbons (Fsp3) is 0.478. The second kappa shape index (κ2) is 11.6. The predicted molar refractivity (Wildman–Crippen MR) is 109 cm³/mol. The molecule has 0 aliphatic rings. The van der Waals surface area contributed by atoms with Gasteiger partial charge in [0, 0.05) is 6.54 Å². The molecule has 2 aromatic carbocycles. The van der Waals surface area contributed by atoms with Crippen LogP contribution >= 0.6 is 0 Å². The molecule has 26 heavy (non-hydrogen) atoms. The van der Waals surface area contributed by atoms with Gasteiger partial charge in [-0.2, -0.15) is 0 Å². The van der Waals surface area contributed by atoms with Crippen LogP contribution in [0, 0.1) is 6.92 Å². The van der Waals surface area contributed by atoms with Gasteiger partial charge in [0.1, 0.15) is 6.61 Å². The fourth-order valence-electron chi connectivity index (χ4n) is 2.92. The van der Waals surface area contributed by atoms with Crippen molar-refractivity contribution in [1.82, 2.24) is 5.32 Å². The Kier molecular flexibility index (Phi) is 9.05. The number of hydrogen-bond acceptors (Lipinski definition) is 3. The lowest BCUT2D eigenvalue weighted by Crippen LogP contribution is -2.14. The third-order valence-electron chi connectivity index (χ3n) is 4.32. The summed E-state index contributed by atoms with van der Waals surface area (Å²) in [5.74, 6) is 1.63. The summed E-state index contributed by atoms with van der Waals surface area (Å²) >= 11 is 0. The second-order valence-corrected chi connectivity index (χ2v) is 6.73. The molecule has 0 spiro atoms. The molecule has 0 amide bonds. The van der Waals surface area contributed by atoms with Crippen molar-refractivity contribution in [3.05, 3.63) is 59.2 Å². The summed E-state index contributed by atoms with van der Waals surface area (Å²) in [5, 5.41) is 3.52. The average Bonchev–Trinajstić information content (AvgIpc) is 2.64. The van der Waals surface area contributed by atoms with E-state index in [1.54, 1.807) is 0 Å². The zero-order chi connectivity index (χ0) is 18.6. The van der Waals surface area contributed by atoms with E-state index >= 15 is 0 Å². The lowest BCUT2D eigenvalue weighted by atomic mass is 10.1. The highest BCUT2D eigenvalue weighted by Gasteiger charge is 2.07.